The maximum atomic E-state index is 11.7. The monoisotopic (exact) mass is 303 g/mol. The summed E-state index contributed by atoms with van der Waals surface area (Å²) in [6.07, 6.45) is 0. The van der Waals surface area contributed by atoms with Crippen molar-refractivity contribution in [3.63, 3.8) is 0 Å². The van der Waals surface area contributed by atoms with Gasteiger partial charge in [0.1, 0.15) is 0 Å². The van der Waals surface area contributed by atoms with Gasteiger partial charge in [0.05, 0.1) is 11.0 Å². The minimum absolute atomic E-state index is 0. The Kier molecular flexibility index (Phi) is 6.07. The lowest BCUT2D eigenvalue weighted by Gasteiger charge is -2.10. The van der Waals surface area contributed by atoms with Gasteiger partial charge < -0.3 is 5.32 Å². The van der Waals surface area contributed by atoms with E-state index in [4.69, 9.17) is 0 Å². The number of thioether (sulfide) groups is 1. The number of non-ortho nitro benzene ring substituents is 1. The average Bonchev–Trinajstić information content (AvgIpc) is 2.90. The molecule has 1 amide bonds. The lowest BCUT2D eigenvalue weighted by molar-refractivity contribution is -0.384. The fourth-order valence-electron chi connectivity index (χ4n) is 1.61. The highest BCUT2D eigenvalue weighted by Gasteiger charge is 2.21. The van der Waals surface area contributed by atoms with Crippen molar-refractivity contribution in [3.05, 3.63) is 39.9 Å². The molecule has 6 nitrogen and oxygen atoms in total. The van der Waals surface area contributed by atoms with Crippen LogP contribution in [0.1, 0.15) is 5.56 Å². The van der Waals surface area contributed by atoms with E-state index in [-0.39, 0.29) is 30.0 Å². The number of rotatable bonds is 4. The second kappa shape index (κ2) is 7.32. The first kappa shape index (κ1) is 15.7. The highest BCUT2D eigenvalue weighted by Crippen LogP contribution is 2.12. The van der Waals surface area contributed by atoms with Gasteiger partial charge in [0, 0.05) is 30.3 Å². The summed E-state index contributed by atoms with van der Waals surface area (Å²) in [6, 6.07) is 6.04. The quantitative estimate of drug-likeness (QED) is 0.647. The number of nitrogens with one attached hydrogen (secondary N) is 2. The van der Waals surface area contributed by atoms with Crippen LogP contribution in [0.4, 0.5) is 5.69 Å². The van der Waals surface area contributed by atoms with Crippen molar-refractivity contribution in [2.24, 2.45) is 0 Å². The third kappa shape index (κ3) is 4.38. The van der Waals surface area contributed by atoms with Gasteiger partial charge in [-0.25, -0.2) is 0 Å². The van der Waals surface area contributed by atoms with Crippen molar-refractivity contribution in [3.8, 4) is 0 Å². The average molecular weight is 304 g/mol. The highest BCUT2D eigenvalue weighted by molar-refractivity contribution is 7.99. The summed E-state index contributed by atoms with van der Waals surface area (Å²) in [5.74, 6) is 1.56. The Morgan fingerprint density at radius 2 is 2.16 bits per heavy atom. The SMILES string of the molecule is Cl.O=C(NCc1ccc([N+](=O)[O-])cc1)C1CSCN1. The van der Waals surface area contributed by atoms with Gasteiger partial charge in [0.15, 0.2) is 0 Å². The van der Waals surface area contributed by atoms with Gasteiger partial charge in [-0.15, -0.1) is 24.2 Å². The normalized spacial score (nSPS) is 17.6. The van der Waals surface area contributed by atoms with Crippen LogP contribution in [-0.2, 0) is 11.3 Å². The molecule has 2 rings (SSSR count). The predicted octanol–water partition coefficient (Wildman–Crippen LogP) is 1.30. The first-order valence-electron chi connectivity index (χ1n) is 5.49. The number of halogens is 1. The molecule has 0 radical (unpaired) electrons. The Morgan fingerprint density at radius 1 is 1.47 bits per heavy atom. The van der Waals surface area contributed by atoms with Gasteiger partial charge in [-0.05, 0) is 5.56 Å². The van der Waals surface area contributed by atoms with Gasteiger partial charge in [-0.3, -0.25) is 20.2 Å². The molecular weight excluding hydrogens is 290 g/mol. The second-order valence-corrected chi connectivity index (χ2v) is 4.94. The molecule has 1 aromatic carbocycles. The van der Waals surface area contributed by atoms with Crippen molar-refractivity contribution in [1.82, 2.24) is 10.6 Å². The third-order valence-corrected chi connectivity index (χ3v) is 3.59. The number of carbonyl (C=O) groups is 1. The summed E-state index contributed by atoms with van der Waals surface area (Å²) in [6.45, 7) is 0.389. The van der Waals surface area contributed by atoms with Gasteiger partial charge in [-0.2, -0.15) is 0 Å². The van der Waals surface area contributed by atoms with Crippen LogP contribution in [-0.4, -0.2) is 28.5 Å². The van der Waals surface area contributed by atoms with Crippen molar-refractivity contribution < 1.29 is 9.72 Å². The largest absolute Gasteiger partial charge is 0.351 e. The van der Waals surface area contributed by atoms with E-state index in [1.807, 2.05) is 0 Å². The Bertz CT molecular complexity index is 449. The molecule has 1 aliphatic heterocycles. The fraction of sp³-hybridized carbons (Fsp3) is 0.364. The van der Waals surface area contributed by atoms with E-state index in [0.717, 1.165) is 17.2 Å². The molecule has 1 saturated heterocycles. The number of hydrogen-bond acceptors (Lipinski definition) is 5. The Labute approximate surface area is 120 Å². The molecule has 1 heterocycles. The Balaban J connectivity index is 0.00000180. The molecule has 19 heavy (non-hydrogen) atoms. The third-order valence-electron chi connectivity index (χ3n) is 2.65. The minimum atomic E-state index is -0.442. The molecule has 0 spiro atoms. The number of hydrogen-bond donors (Lipinski definition) is 2. The lowest BCUT2D eigenvalue weighted by atomic mass is 10.2. The van der Waals surface area contributed by atoms with Crippen LogP contribution < -0.4 is 10.6 Å². The van der Waals surface area contributed by atoms with Crippen molar-refractivity contribution >= 4 is 35.8 Å². The lowest BCUT2D eigenvalue weighted by Crippen LogP contribution is -2.41. The molecule has 1 fully saturated rings. The summed E-state index contributed by atoms with van der Waals surface area (Å²) in [5, 5.41) is 16.4. The number of nitrogens with zero attached hydrogens (tertiary/aromatic N) is 1. The molecular formula is C11H14ClN3O3S. The highest BCUT2D eigenvalue weighted by atomic mass is 35.5. The summed E-state index contributed by atoms with van der Waals surface area (Å²) in [4.78, 5) is 21.7. The summed E-state index contributed by atoms with van der Waals surface area (Å²) in [5.41, 5.74) is 0.901. The molecule has 0 saturated carbocycles. The van der Waals surface area contributed by atoms with E-state index in [9.17, 15) is 14.9 Å². The number of amides is 1. The molecule has 104 valence electrons. The van der Waals surface area contributed by atoms with Gasteiger partial charge in [-0.1, -0.05) is 12.1 Å². The van der Waals surface area contributed by atoms with E-state index in [1.165, 1.54) is 12.1 Å². The molecule has 1 atom stereocenters. The summed E-state index contributed by atoms with van der Waals surface area (Å²) >= 11 is 1.69. The molecule has 8 heteroatoms. The number of carbonyl (C=O) groups excluding carboxylic acids is 1. The minimum Gasteiger partial charge on any atom is -0.351 e. The molecule has 0 aromatic heterocycles. The molecule has 2 N–H and O–H groups in total. The zero-order chi connectivity index (χ0) is 13.0. The topological polar surface area (TPSA) is 84.3 Å². The first-order valence-corrected chi connectivity index (χ1v) is 6.64. The fourth-order valence-corrected chi connectivity index (χ4v) is 2.55. The summed E-state index contributed by atoms with van der Waals surface area (Å²) in [7, 11) is 0. The zero-order valence-corrected chi connectivity index (χ0v) is 11.6. The molecule has 1 aliphatic rings. The van der Waals surface area contributed by atoms with Crippen molar-refractivity contribution in [2.75, 3.05) is 11.6 Å². The Morgan fingerprint density at radius 3 is 2.68 bits per heavy atom. The zero-order valence-electron chi connectivity index (χ0n) is 10.00. The van der Waals surface area contributed by atoms with E-state index in [2.05, 4.69) is 10.6 Å². The van der Waals surface area contributed by atoms with Crippen LogP contribution in [0.15, 0.2) is 24.3 Å². The van der Waals surface area contributed by atoms with Crippen LogP contribution in [0.3, 0.4) is 0 Å². The van der Waals surface area contributed by atoms with Crippen LogP contribution in [0.2, 0.25) is 0 Å². The van der Waals surface area contributed by atoms with E-state index < -0.39 is 4.92 Å². The van der Waals surface area contributed by atoms with Crippen LogP contribution >= 0.6 is 24.2 Å². The number of nitro benzene ring substituents is 1. The van der Waals surface area contributed by atoms with Gasteiger partial charge in [0.2, 0.25) is 5.91 Å². The standard InChI is InChI=1S/C11H13N3O3S.ClH/c15-11(10-6-18-7-13-10)12-5-8-1-3-9(4-2-8)14(16)17;/h1-4,10,13H,5-7H2,(H,12,15);1H. The molecule has 1 unspecified atom stereocenters. The maximum Gasteiger partial charge on any atom is 0.269 e. The molecule has 0 aliphatic carbocycles. The van der Waals surface area contributed by atoms with Gasteiger partial charge >= 0.3 is 0 Å². The van der Waals surface area contributed by atoms with Crippen LogP contribution in [0.25, 0.3) is 0 Å². The van der Waals surface area contributed by atoms with Crippen LogP contribution in [0, 0.1) is 10.1 Å². The van der Waals surface area contributed by atoms with E-state index in [1.54, 1.807) is 23.9 Å². The maximum absolute atomic E-state index is 11.7. The molecule has 0 bridgehead atoms. The van der Waals surface area contributed by atoms with Gasteiger partial charge in [0.25, 0.3) is 5.69 Å². The molecule has 1 aromatic rings. The Hall–Kier alpha value is -1.31. The van der Waals surface area contributed by atoms with Crippen LogP contribution in [0.5, 0.6) is 0 Å². The van der Waals surface area contributed by atoms with Crippen molar-refractivity contribution in [1.29, 1.82) is 0 Å². The van der Waals surface area contributed by atoms with E-state index >= 15 is 0 Å². The van der Waals surface area contributed by atoms with E-state index in [0.29, 0.717) is 6.54 Å². The van der Waals surface area contributed by atoms with Crippen molar-refractivity contribution in [2.45, 2.75) is 12.6 Å². The number of benzene rings is 1. The smallest absolute Gasteiger partial charge is 0.269 e. The predicted molar refractivity (Wildman–Crippen MR) is 76.4 cm³/mol. The second-order valence-electron chi connectivity index (χ2n) is 3.91. The number of nitro groups is 1. The first-order chi connectivity index (χ1) is 8.66. The summed E-state index contributed by atoms with van der Waals surface area (Å²) < 4.78 is 0.